The molecule has 6 heteroatoms. The van der Waals surface area contributed by atoms with Crippen molar-refractivity contribution in [3.05, 3.63) is 12.4 Å². The van der Waals surface area contributed by atoms with Crippen molar-refractivity contribution >= 4 is 11.6 Å². The third kappa shape index (κ3) is 3.28. The summed E-state index contributed by atoms with van der Waals surface area (Å²) in [6, 6.07) is 2.15. The highest BCUT2D eigenvalue weighted by atomic mass is 16.7. The van der Waals surface area contributed by atoms with Gasteiger partial charge in [-0.05, 0) is 12.8 Å². The molecular formula is C17H26N4O2. The summed E-state index contributed by atoms with van der Waals surface area (Å²) in [4.78, 5) is 13.8. The Labute approximate surface area is 137 Å². The number of hydrogen-bond acceptors (Lipinski definition) is 6. The van der Waals surface area contributed by atoms with Gasteiger partial charge in [0.15, 0.2) is 5.79 Å². The minimum atomic E-state index is -0.322. The van der Waals surface area contributed by atoms with Crippen molar-refractivity contribution < 1.29 is 9.47 Å². The number of hydrogen-bond donors (Lipinski definition) is 0. The molecule has 0 N–H and O–H groups in total. The summed E-state index contributed by atoms with van der Waals surface area (Å²) in [5.74, 6) is 1.79. The molecule has 0 aliphatic carbocycles. The molecule has 0 bridgehead atoms. The predicted molar refractivity (Wildman–Crippen MR) is 88.8 cm³/mol. The lowest BCUT2D eigenvalue weighted by Gasteiger charge is -2.38. The van der Waals surface area contributed by atoms with Crippen molar-refractivity contribution in [2.24, 2.45) is 0 Å². The molecule has 1 aromatic heterocycles. The highest BCUT2D eigenvalue weighted by Crippen LogP contribution is 2.33. The SMILES string of the molecule is c1nc(N2CCCCCC2)cc(N2CCC3(CC2)OCCO3)n1. The molecule has 3 fully saturated rings. The van der Waals surface area contributed by atoms with E-state index in [2.05, 4.69) is 25.8 Å². The zero-order chi connectivity index (χ0) is 15.5. The van der Waals surface area contributed by atoms with Crippen molar-refractivity contribution in [2.45, 2.75) is 44.3 Å². The molecule has 3 saturated heterocycles. The summed E-state index contributed by atoms with van der Waals surface area (Å²) in [5, 5.41) is 0. The lowest BCUT2D eigenvalue weighted by molar-refractivity contribution is -0.169. The molecule has 3 aliphatic rings. The van der Waals surface area contributed by atoms with Crippen LogP contribution in [0.5, 0.6) is 0 Å². The van der Waals surface area contributed by atoms with Gasteiger partial charge in [0.25, 0.3) is 0 Å². The Morgan fingerprint density at radius 3 is 1.96 bits per heavy atom. The van der Waals surface area contributed by atoms with Gasteiger partial charge in [0.2, 0.25) is 0 Å². The fourth-order valence-electron chi connectivity index (χ4n) is 3.85. The third-order valence-corrected chi connectivity index (χ3v) is 5.23. The summed E-state index contributed by atoms with van der Waals surface area (Å²) in [7, 11) is 0. The van der Waals surface area contributed by atoms with Crippen molar-refractivity contribution in [3.8, 4) is 0 Å². The monoisotopic (exact) mass is 318 g/mol. The van der Waals surface area contributed by atoms with Crippen LogP contribution in [0.3, 0.4) is 0 Å². The maximum absolute atomic E-state index is 5.81. The first kappa shape index (κ1) is 15.1. The Morgan fingerprint density at radius 1 is 0.783 bits per heavy atom. The quantitative estimate of drug-likeness (QED) is 0.833. The van der Waals surface area contributed by atoms with Crippen molar-refractivity contribution in [3.63, 3.8) is 0 Å². The predicted octanol–water partition coefficient (Wildman–Crippen LogP) is 2.20. The van der Waals surface area contributed by atoms with Crippen molar-refractivity contribution in [1.29, 1.82) is 0 Å². The number of piperidine rings is 1. The fraction of sp³-hybridized carbons (Fsp3) is 0.765. The zero-order valence-corrected chi connectivity index (χ0v) is 13.7. The summed E-state index contributed by atoms with van der Waals surface area (Å²) >= 11 is 0. The van der Waals surface area contributed by atoms with E-state index in [4.69, 9.17) is 9.47 Å². The molecule has 4 rings (SSSR count). The summed E-state index contributed by atoms with van der Waals surface area (Å²) < 4.78 is 11.6. The average molecular weight is 318 g/mol. The number of ether oxygens (including phenoxy) is 2. The normalized spacial score (nSPS) is 24.9. The molecule has 4 heterocycles. The van der Waals surface area contributed by atoms with Gasteiger partial charge in [-0.25, -0.2) is 9.97 Å². The molecule has 1 spiro atoms. The smallest absolute Gasteiger partial charge is 0.171 e. The van der Waals surface area contributed by atoms with Crippen LogP contribution in [-0.2, 0) is 9.47 Å². The maximum atomic E-state index is 5.81. The summed E-state index contributed by atoms with van der Waals surface area (Å²) in [6.07, 6.45) is 8.74. The van der Waals surface area contributed by atoms with Crippen LogP contribution in [-0.4, -0.2) is 55.1 Å². The molecule has 3 aliphatic heterocycles. The number of anilines is 2. The molecule has 6 nitrogen and oxygen atoms in total. The van der Waals surface area contributed by atoms with Crippen LogP contribution < -0.4 is 9.80 Å². The minimum Gasteiger partial charge on any atom is -0.356 e. The van der Waals surface area contributed by atoms with Gasteiger partial charge in [-0.3, -0.25) is 0 Å². The van der Waals surface area contributed by atoms with Crippen LogP contribution in [0, 0.1) is 0 Å². The first-order valence-electron chi connectivity index (χ1n) is 8.95. The molecule has 0 unspecified atom stereocenters. The molecule has 23 heavy (non-hydrogen) atoms. The largest absolute Gasteiger partial charge is 0.356 e. The average Bonchev–Trinajstić information content (AvgIpc) is 2.88. The standard InChI is InChI=1S/C17H26N4O2/c1-2-4-8-20(7-3-1)15-13-16(19-14-18-15)21-9-5-17(6-10-21)22-11-12-23-17/h13-14H,1-12H2. The van der Waals surface area contributed by atoms with Gasteiger partial charge >= 0.3 is 0 Å². The molecule has 0 atom stereocenters. The molecule has 0 amide bonds. The molecule has 0 radical (unpaired) electrons. The van der Waals surface area contributed by atoms with E-state index >= 15 is 0 Å². The topological polar surface area (TPSA) is 50.7 Å². The first-order valence-corrected chi connectivity index (χ1v) is 8.95. The van der Waals surface area contributed by atoms with Crippen LogP contribution in [0.2, 0.25) is 0 Å². The van der Waals surface area contributed by atoms with E-state index in [-0.39, 0.29) is 5.79 Å². The lowest BCUT2D eigenvalue weighted by atomic mass is 10.0. The van der Waals surface area contributed by atoms with Gasteiger partial charge in [-0.1, -0.05) is 12.8 Å². The summed E-state index contributed by atoms with van der Waals surface area (Å²) in [5.41, 5.74) is 0. The van der Waals surface area contributed by atoms with Gasteiger partial charge in [-0.15, -0.1) is 0 Å². The van der Waals surface area contributed by atoms with Crippen LogP contribution in [0.4, 0.5) is 11.6 Å². The van der Waals surface area contributed by atoms with Gasteiger partial charge in [0.05, 0.1) is 13.2 Å². The van der Waals surface area contributed by atoms with Gasteiger partial charge in [0, 0.05) is 45.1 Å². The molecule has 1 aromatic rings. The second kappa shape index (κ2) is 6.61. The third-order valence-electron chi connectivity index (χ3n) is 5.23. The highest BCUT2D eigenvalue weighted by molar-refractivity contribution is 5.50. The van der Waals surface area contributed by atoms with Gasteiger partial charge in [0.1, 0.15) is 18.0 Å². The molecule has 126 valence electrons. The van der Waals surface area contributed by atoms with Crippen LogP contribution >= 0.6 is 0 Å². The second-order valence-electron chi connectivity index (χ2n) is 6.73. The van der Waals surface area contributed by atoms with E-state index in [1.165, 1.54) is 25.7 Å². The lowest BCUT2D eigenvalue weighted by Crippen LogP contribution is -2.45. The maximum Gasteiger partial charge on any atom is 0.171 e. The number of rotatable bonds is 2. The van der Waals surface area contributed by atoms with E-state index in [1.54, 1.807) is 6.33 Å². The van der Waals surface area contributed by atoms with E-state index in [1.807, 2.05) is 0 Å². The minimum absolute atomic E-state index is 0.322. The van der Waals surface area contributed by atoms with Gasteiger partial charge < -0.3 is 19.3 Å². The van der Waals surface area contributed by atoms with Gasteiger partial charge in [-0.2, -0.15) is 0 Å². The Hall–Kier alpha value is -1.40. The van der Waals surface area contributed by atoms with E-state index < -0.39 is 0 Å². The van der Waals surface area contributed by atoms with Crippen molar-refractivity contribution in [2.75, 3.05) is 49.2 Å². The molecule has 0 aromatic carbocycles. The Morgan fingerprint density at radius 2 is 1.35 bits per heavy atom. The van der Waals surface area contributed by atoms with Crippen LogP contribution in [0.1, 0.15) is 38.5 Å². The Kier molecular flexibility index (Phi) is 4.35. The van der Waals surface area contributed by atoms with Crippen LogP contribution in [0.25, 0.3) is 0 Å². The van der Waals surface area contributed by atoms with E-state index in [0.717, 1.165) is 63.9 Å². The first-order chi connectivity index (χ1) is 11.3. The van der Waals surface area contributed by atoms with Crippen LogP contribution in [0.15, 0.2) is 12.4 Å². The van der Waals surface area contributed by atoms with E-state index in [0.29, 0.717) is 0 Å². The Balaban J connectivity index is 1.44. The van der Waals surface area contributed by atoms with Crippen molar-refractivity contribution in [1.82, 2.24) is 9.97 Å². The second-order valence-corrected chi connectivity index (χ2v) is 6.73. The number of aromatic nitrogens is 2. The highest BCUT2D eigenvalue weighted by Gasteiger charge is 2.40. The zero-order valence-electron chi connectivity index (χ0n) is 13.7. The fourth-order valence-corrected chi connectivity index (χ4v) is 3.85. The molecule has 0 saturated carbocycles. The Bertz CT molecular complexity index is 515. The molecular weight excluding hydrogens is 292 g/mol. The van der Waals surface area contributed by atoms with E-state index in [9.17, 15) is 0 Å². The number of nitrogens with zero attached hydrogens (tertiary/aromatic N) is 4. The summed E-state index contributed by atoms with van der Waals surface area (Å²) in [6.45, 7) is 5.54.